The number of nitrogens with zero attached hydrogens (tertiary/aromatic N) is 1. The molecule has 1 heterocycles. The van der Waals surface area contributed by atoms with Crippen molar-refractivity contribution in [2.24, 2.45) is 0 Å². The van der Waals surface area contributed by atoms with Crippen LogP contribution in [0.2, 0.25) is 0 Å². The molecule has 0 aliphatic carbocycles. The molecule has 2 amide bonds. The molecule has 2 N–H and O–H groups in total. The summed E-state index contributed by atoms with van der Waals surface area (Å²) in [4.78, 5) is 54.8. The largest absolute Gasteiger partial charge is 0.465 e. The molecule has 0 radical (unpaired) electrons. The average Bonchev–Trinajstić information content (AvgIpc) is 2.96. The van der Waals surface area contributed by atoms with Crippen molar-refractivity contribution in [3.05, 3.63) is 96.3 Å². The zero-order chi connectivity index (χ0) is 31.1. The summed E-state index contributed by atoms with van der Waals surface area (Å²) in [5, 5.41) is 5.53. The fourth-order valence-corrected chi connectivity index (χ4v) is 4.21. The van der Waals surface area contributed by atoms with Gasteiger partial charge in [0.15, 0.2) is 0 Å². The predicted octanol–water partition coefficient (Wildman–Crippen LogP) is 6.73. The SMILES string of the molecule is COC(=O)c1ccc(-c2ccccc2NC(=O)OC(C)(C)C)cc1NC(=O)c1cc(-c2cccnc2)ccc1OC(C)=O. The number of anilines is 2. The molecule has 10 nitrogen and oxygen atoms in total. The minimum absolute atomic E-state index is 0.0420. The van der Waals surface area contributed by atoms with Crippen LogP contribution in [0, 0.1) is 0 Å². The Morgan fingerprint density at radius 2 is 1.51 bits per heavy atom. The lowest BCUT2D eigenvalue weighted by Crippen LogP contribution is -2.27. The van der Waals surface area contributed by atoms with Crippen LogP contribution in [0.15, 0.2) is 85.2 Å². The van der Waals surface area contributed by atoms with Crippen LogP contribution in [0.4, 0.5) is 16.2 Å². The Kier molecular flexibility index (Phi) is 9.20. The number of rotatable bonds is 7. The maximum absolute atomic E-state index is 13.7. The molecule has 0 bridgehead atoms. The van der Waals surface area contributed by atoms with E-state index in [-0.39, 0.29) is 22.6 Å². The van der Waals surface area contributed by atoms with Gasteiger partial charge < -0.3 is 19.5 Å². The zero-order valence-electron chi connectivity index (χ0n) is 24.4. The number of hydrogen-bond acceptors (Lipinski definition) is 8. The van der Waals surface area contributed by atoms with Crippen LogP contribution in [0.25, 0.3) is 22.3 Å². The summed E-state index contributed by atoms with van der Waals surface area (Å²) in [5.74, 6) is -1.87. The van der Waals surface area contributed by atoms with Crippen LogP contribution < -0.4 is 15.4 Å². The number of ether oxygens (including phenoxy) is 3. The molecule has 0 aliphatic heterocycles. The van der Waals surface area contributed by atoms with E-state index in [1.807, 2.05) is 6.07 Å². The van der Waals surface area contributed by atoms with Gasteiger partial charge in [-0.15, -0.1) is 0 Å². The maximum Gasteiger partial charge on any atom is 0.412 e. The van der Waals surface area contributed by atoms with Gasteiger partial charge in [-0.3, -0.25) is 19.9 Å². The number of hydrogen-bond donors (Lipinski definition) is 2. The molecule has 0 saturated carbocycles. The Morgan fingerprint density at radius 1 is 0.767 bits per heavy atom. The van der Waals surface area contributed by atoms with E-state index in [1.165, 1.54) is 26.2 Å². The highest BCUT2D eigenvalue weighted by Gasteiger charge is 2.22. The number of benzene rings is 3. The second kappa shape index (κ2) is 13.0. The molecule has 4 aromatic rings. The fraction of sp³-hybridized carbons (Fsp3) is 0.182. The van der Waals surface area contributed by atoms with Gasteiger partial charge in [-0.25, -0.2) is 9.59 Å². The lowest BCUT2D eigenvalue weighted by atomic mass is 10.00. The molecule has 10 heteroatoms. The van der Waals surface area contributed by atoms with E-state index in [0.717, 1.165) is 5.56 Å². The first-order valence-corrected chi connectivity index (χ1v) is 13.3. The third-order valence-corrected chi connectivity index (χ3v) is 6.02. The van der Waals surface area contributed by atoms with E-state index in [2.05, 4.69) is 15.6 Å². The molecule has 3 aromatic carbocycles. The number of aromatic nitrogens is 1. The highest BCUT2D eigenvalue weighted by atomic mass is 16.6. The van der Waals surface area contributed by atoms with Gasteiger partial charge in [0.1, 0.15) is 11.4 Å². The molecule has 0 aliphatic rings. The summed E-state index contributed by atoms with van der Waals surface area (Å²) >= 11 is 0. The van der Waals surface area contributed by atoms with Crippen LogP contribution >= 0.6 is 0 Å². The highest BCUT2D eigenvalue weighted by molar-refractivity contribution is 6.10. The van der Waals surface area contributed by atoms with Crippen LogP contribution in [0.1, 0.15) is 48.4 Å². The Bertz CT molecular complexity index is 1680. The monoisotopic (exact) mass is 581 g/mol. The van der Waals surface area contributed by atoms with Crippen molar-refractivity contribution in [3.63, 3.8) is 0 Å². The van der Waals surface area contributed by atoms with Crippen molar-refractivity contribution in [2.75, 3.05) is 17.7 Å². The summed E-state index contributed by atoms with van der Waals surface area (Å²) in [6.07, 6.45) is 2.64. The summed E-state index contributed by atoms with van der Waals surface area (Å²) in [5.41, 5.74) is 2.66. The Hall–Kier alpha value is -5.51. The summed E-state index contributed by atoms with van der Waals surface area (Å²) in [6.45, 7) is 6.52. The predicted molar refractivity (Wildman–Crippen MR) is 162 cm³/mol. The van der Waals surface area contributed by atoms with Crippen LogP contribution in [0.3, 0.4) is 0 Å². The summed E-state index contributed by atoms with van der Waals surface area (Å²) in [7, 11) is 1.23. The van der Waals surface area contributed by atoms with Gasteiger partial charge in [0.25, 0.3) is 5.91 Å². The topological polar surface area (TPSA) is 133 Å². The van der Waals surface area contributed by atoms with Crippen molar-refractivity contribution in [1.82, 2.24) is 4.98 Å². The lowest BCUT2D eigenvalue weighted by Gasteiger charge is -2.20. The molecule has 4 rings (SSSR count). The number of para-hydroxylation sites is 1. The normalized spacial score (nSPS) is 10.8. The quantitative estimate of drug-likeness (QED) is 0.181. The molecule has 220 valence electrons. The molecule has 0 atom stereocenters. The smallest absolute Gasteiger partial charge is 0.412 e. The van der Waals surface area contributed by atoms with Crippen LogP contribution in [0.5, 0.6) is 5.75 Å². The Morgan fingerprint density at radius 3 is 2.19 bits per heavy atom. The van der Waals surface area contributed by atoms with Crippen molar-refractivity contribution >= 4 is 35.3 Å². The van der Waals surface area contributed by atoms with Gasteiger partial charge in [-0.2, -0.15) is 0 Å². The minimum atomic E-state index is -0.697. The van der Waals surface area contributed by atoms with Gasteiger partial charge in [-0.05, 0) is 68.3 Å². The van der Waals surface area contributed by atoms with Gasteiger partial charge in [-0.1, -0.05) is 36.4 Å². The van der Waals surface area contributed by atoms with E-state index in [9.17, 15) is 19.2 Å². The van der Waals surface area contributed by atoms with Crippen LogP contribution in [-0.2, 0) is 14.3 Å². The van der Waals surface area contributed by atoms with E-state index >= 15 is 0 Å². The maximum atomic E-state index is 13.7. The van der Waals surface area contributed by atoms with Crippen molar-refractivity contribution < 1.29 is 33.4 Å². The van der Waals surface area contributed by atoms with Gasteiger partial charge in [0.05, 0.1) is 29.6 Å². The number of esters is 2. The van der Waals surface area contributed by atoms with Gasteiger partial charge in [0.2, 0.25) is 0 Å². The number of nitrogens with one attached hydrogen (secondary N) is 2. The first kappa shape index (κ1) is 30.4. The molecule has 1 aromatic heterocycles. The number of amides is 2. The van der Waals surface area contributed by atoms with E-state index in [0.29, 0.717) is 22.4 Å². The van der Waals surface area contributed by atoms with E-state index in [4.69, 9.17) is 14.2 Å². The van der Waals surface area contributed by atoms with E-state index < -0.39 is 29.5 Å². The second-order valence-corrected chi connectivity index (χ2v) is 10.4. The molecule has 0 fully saturated rings. The highest BCUT2D eigenvalue weighted by Crippen LogP contribution is 2.33. The molecule has 43 heavy (non-hydrogen) atoms. The van der Waals surface area contributed by atoms with Crippen LogP contribution in [-0.4, -0.2) is 41.6 Å². The van der Waals surface area contributed by atoms with Gasteiger partial charge >= 0.3 is 18.0 Å². The molecule has 0 saturated heterocycles. The van der Waals surface area contributed by atoms with Crippen molar-refractivity contribution in [2.45, 2.75) is 33.3 Å². The standard InChI is InChI=1S/C33H31N3O7/c1-20(37)42-29-15-13-21(23-9-8-16-34-19-23)17-26(29)30(38)35-28-18-22(12-14-25(28)31(39)41-5)24-10-6-7-11-27(24)36-32(40)43-33(2,3)4/h6-19H,1-5H3,(H,35,38)(H,36,40). The summed E-state index contributed by atoms with van der Waals surface area (Å²) < 4.78 is 15.7. The summed E-state index contributed by atoms with van der Waals surface area (Å²) in [6, 6.07) is 20.2. The first-order valence-electron chi connectivity index (χ1n) is 13.3. The van der Waals surface area contributed by atoms with Crippen molar-refractivity contribution in [3.8, 4) is 28.0 Å². The van der Waals surface area contributed by atoms with E-state index in [1.54, 1.807) is 87.8 Å². The minimum Gasteiger partial charge on any atom is -0.465 e. The number of methoxy groups -OCH3 is 1. The Balaban J connectivity index is 1.75. The molecular formula is C33H31N3O7. The van der Waals surface area contributed by atoms with Crippen molar-refractivity contribution in [1.29, 1.82) is 0 Å². The molecule has 0 spiro atoms. The second-order valence-electron chi connectivity index (χ2n) is 10.4. The number of carbonyl (C=O) groups excluding carboxylic acids is 4. The molecular weight excluding hydrogens is 550 g/mol. The zero-order valence-corrected chi connectivity index (χ0v) is 24.4. The number of carbonyl (C=O) groups is 4. The van der Waals surface area contributed by atoms with Gasteiger partial charge in [0, 0.05) is 30.4 Å². The lowest BCUT2D eigenvalue weighted by molar-refractivity contribution is -0.131. The molecule has 0 unspecified atom stereocenters. The average molecular weight is 582 g/mol. The fourth-order valence-electron chi connectivity index (χ4n) is 4.21. The first-order chi connectivity index (χ1) is 20.4. The third kappa shape index (κ3) is 7.82. The number of pyridine rings is 1. The third-order valence-electron chi connectivity index (χ3n) is 6.02. The Labute approximate surface area is 249 Å².